The van der Waals surface area contributed by atoms with Crippen molar-refractivity contribution < 1.29 is 9.18 Å². The Hall–Kier alpha value is -3.22. The molecule has 0 radical (unpaired) electrons. The molecule has 2 aromatic heterocycles. The predicted molar refractivity (Wildman–Crippen MR) is 103 cm³/mol. The average Bonchev–Trinajstić information content (AvgIpc) is 3.19. The van der Waals surface area contributed by atoms with Crippen LogP contribution >= 0.6 is 0 Å². The molecular weight excluding hydrogens is 345 g/mol. The fourth-order valence-electron chi connectivity index (χ4n) is 3.18. The number of nitrogens with zero attached hydrogens (tertiary/aromatic N) is 4. The lowest BCUT2D eigenvalue weighted by Crippen LogP contribution is -2.20. The van der Waals surface area contributed by atoms with E-state index in [0.717, 1.165) is 11.0 Å². The minimum atomic E-state index is -0.396. The van der Waals surface area contributed by atoms with Crippen molar-refractivity contribution in [2.75, 3.05) is 5.32 Å². The average molecular weight is 365 g/mol. The monoisotopic (exact) mass is 365 g/mol. The number of hydrogen-bond donors (Lipinski definition) is 1. The van der Waals surface area contributed by atoms with Gasteiger partial charge in [0.1, 0.15) is 17.9 Å². The van der Waals surface area contributed by atoms with E-state index in [-0.39, 0.29) is 18.0 Å². The van der Waals surface area contributed by atoms with Crippen LogP contribution in [0.25, 0.3) is 22.1 Å². The van der Waals surface area contributed by atoms with E-state index in [1.807, 2.05) is 18.2 Å². The highest BCUT2D eigenvalue weighted by Gasteiger charge is 2.16. The van der Waals surface area contributed by atoms with Crippen LogP contribution in [0, 0.1) is 5.82 Å². The Morgan fingerprint density at radius 1 is 1.11 bits per heavy atom. The molecule has 2 aromatic carbocycles. The molecule has 0 unspecified atom stereocenters. The maximum Gasteiger partial charge on any atom is 0.244 e. The summed E-state index contributed by atoms with van der Waals surface area (Å²) < 4.78 is 17.6. The first-order valence-electron chi connectivity index (χ1n) is 8.70. The van der Waals surface area contributed by atoms with E-state index in [1.54, 1.807) is 18.5 Å². The third-order valence-electron chi connectivity index (χ3n) is 4.46. The number of aromatic nitrogens is 4. The fourth-order valence-corrected chi connectivity index (χ4v) is 3.18. The number of benzene rings is 2. The molecule has 0 saturated carbocycles. The van der Waals surface area contributed by atoms with Crippen LogP contribution in [-0.4, -0.2) is 25.0 Å². The summed E-state index contributed by atoms with van der Waals surface area (Å²) in [6.07, 6.45) is 3.28. The highest BCUT2D eigenvalue weighted by Crippen LogP contribution is 2.24. The predicted octanol–water partition coefficient (Wildman–Crippen LogP) is 3.92. The van der Waals surface area contributed by atoms with Gasteiger partial charge in [-0.3, -0.25) is 4.79 Å². The molecule has 2 heterocycles. The number of anilines is 1. The highest BCUT2D eigenvalue weighted by molar-refractivity contribution is 5.93. The third-order valence-corrected chi connectivity index (χ3v) is 4.46. The van der Waals surface area contributed by atoms with Crippen LogP contribution in [0.2, 0.25) is 0 Å². The molecule has 0 saturated heterocycles. The Balaban J connectivity index is 1.56. The number of rotatable bonds is 3. The van der Waals surface area contributed by atoms with Crippen molar-refractivity contribution in [1.82, 2.24) is 19.1 Å². The standard InChI is InChI=1S/C20H20FN5O/c1-20(2,3)26-12-23-16-9-13(7-8-17(16)26)24-18(27)10-25-11-22-15-6-4-5-14(21)19(15)25/h4-9,11-12H,10H2,1-3H3,(H,24,27). The Morgan fingerprint density at radius 2 is 1.89 bits per heavy atom. The lowest BCUT2D eigenvalue weighted by Gasteiger charge is -2.21. The van der Waals surface area contributed by atoms with Gasteiger partial charge in [0.25, 0.3) is 0 Å². The first kappa shape index (κ1) is 17.2. The minimum Gasteiger partial charge on any atom is -0.325 e. The summed E-state index contributed by atoms with van der Waals surface area (Å²) in [4.78, 5) is 21.0. The molecule has 0 bridgehead atoms. The molecule has 1 N–H and O–H groups in total. The van der Waals surface area contributed by atoms with Crippen LogP contribution in [-0.2, 0) is 16.9 Å². The fraction of sp³-hybridized carbons (Fsp3) is 0.250. The van der Waals surface area contributed by atoms with Gasteiger partial charge in [0, 0.05) is 11.2 Å². The molecule has 0 atom stereocenters. The van der Waals surface area contributed by atoms with Crippen LogP contribution in [0.1, 0.15) is 20.8 Å². The van der Waals surface area contributed by atoms with Crippen LogP contribution in [0.15, 0.2) is 49.1 Å². The summed E-state index contributed by atoms with van der Waals surface area (Å²) >= 11 is 0. The zero-order valence-corrected chi connectivity index (χ0v) is 15.4. The molecule has 4 rings (SSSR count). The van der Waals surface area contributed by atoms with Crippen LogP contribution in [0.4, 0.5) is 10.1 Å². The summed E-state index contributed by atoms with van der Waals surface area (Å²) in [5.74, 6) is -0.654. The maximum atomic E-state index is 14.0. The minimum absolute atomic E-state index is 0.0219. The van der Waals surface area contributed by atoms with Gasteiger partial charge < -0.3 is 14.5 Å². The number of carbonyl (C=O) groups is 1. The van der Waals surface area contributed by atoms with Gasteiger partial charge in [-0.05, 0) is 51.1 Å². The number of carbonyl (C=O) groups excluding carboxylic acids is 1. The van der Waals surface area contributed by atoms with Gasteiger partial charge >= 0.3 is 0 Å². The van der Waals surface area contributed by atoms with Gasteiger partial charge in [-0.25, -0.2) is 14.4 Å². The molecular formula is C20H20FN5O. The SMILES string of the molecule is CC(C)(C)n1cnc2cc(NC(=O)Cn3cnc4cccc(F)c43)ccc21. The first-order valence-corrected chi connectivity index (χ1v) is 8.70. The van der Waals surface area contributed by atoms with E-state index in [9.17, 15) is 9.18 Å². The van der Waals surface area contributed by atoms with E-state index in [0.29, 0.717) is 16.7 Å². The summed E-state index contributed by atoms with van der Waals surface area (Å²) in [5, 5.41) is 2.85. The third kappa shape index (κ3) is 3.16. The first-order chi connectivity index (χ1) is 12.8. The molecule has 27 heavy (non-hydrogen) atoms. The van der Waals surface area contributed by atoms with Crippen LogP contribution < -0.4 is 5.32 Å². The zero-order chi connectivity index (χ0) is 19.2. The van der Waals surface area contributed by atoms with Crippen molar-refractivity contribution in [2.45, 2.75) is 32.9 Å². The van der Waals surface area contributed by atoms with Crippen molar-refractivity contribution >= 4 is 33.7 Å². The lowest BCUT2D eigenvalue weighted by atomic mass is 10.1. The second kappa shape index (κ2) is 6.19. The Kier molecular flexibility index (Phi) is 3.95. The number of amides is 1. The Morgan fingerprint density at radius 3 is 2.67 bits per heavy atom. The van der Waals surface area contributed by atoms with Crippen molar-refractivity contribution in [3.05, 3.63) is 54.9 Å². The van der Waals surface area contributed by atoms with Crippen molar-refractivity contribution in [3.63, 3.8) is 0 Å². The number of hydrogen-bond acceptors (Lipinski definition) is 3. The normalized spacial score (nSPS) is 12.0. The smallest absolute Gasteiger partial charge is 0.244 e. The van der Waals surface area contributed by atoms with Gasteiger partial charge in [-0.2, -0.15) is 0 Å². The molecule has 7 heteroatoms. The molecule has 6 nitrogen and oxygen atoms in total. The topological polar surface area (TPSA) is 64.7 Å². The molecule has 138 valence electrons. The maximum absolute atomic E-state index is 14.0. The molecule has 0 aliphatic heterocycles. The quantitative estimate of drug-likeness (QED) is 0.598. The van der Waals surface area contributed by atoms with E-state index < -0.39 is 5.82 Å². The lowest BCUT2D eigenvalue weighted by molar-refractivity contribution is -0.116. The van der Waals surface area contributed by atoms with Crippen LogP contribution in [0.3, 0.4) is 0 Å². The highest BCUT2D eigenvalue weighted by atomic mass is 19.1. The molecule has 0 aliphatic rings. The number of halogens is 1. The van der Waals surface area contributed by atoms with E-state index in [2.05, 4.69) is 40.6 Å². The van der Waals surface area contributed by atoms with E-state index in [1.165, 1.54) is 17.0 Å². The second-order valence-electron chi connectivity index (χ2n) is 7.52. The number of imidazole rings is 2. The van der Waals surface area contributed by atoms with E-state index >= 15 is 0 Å². The number of para-hydroxylation sites is 1. The summed E-state index contributed by atoms with van der Waals surface area (Å²) in [6, 6.07) is 10.3. The largest absolute Gasteiger partial charge is 0.325 e. The Bertz CT molecular complexity index is 1150. The van der Waals surface area contributed by atoms with Crippen molar-refractivity contribution in [2.24, 2.45) is 0 Å². The molecule has 0 aliphatic carbocycles. The molecule has 0 fully saturated rings. The summed E-state index contributed by atoms with van der Waals surface area (Å²) in [5.41, 5.74) is 3.23. The van der Waals surface area contributed by atoms with Crippen LogP contribution in [0.5, 0.6) is 0 Å². The molecule has 0 spiro atoms. The number of nitrogens with one attached hydrogen (secondary N) is 1. The number of fused-ring (bicyclic) bond motifs is 2. The van der Waals surface area contributed by atoms with Gasteiger partial charge in [-0.1, -0.05) is 6.07 Å². The van der Waals surface area contributed by atoms with Gasteiger partial charge in [0.15, 0.2) is 0 Å². The Labute approximate surface area is 155 Å². The van der Waals surface area contributed by atoms with Gasteiger partial charge in [0.05, 0.1) is 29.2 Å². The van der Waals surface area contributed by atoms with Gasteiger partial charge in [-0.15, -0.1) is 0 Å². The molecule has 1 amide bonds. The summed E-state index contributed by atoms with van der Waals surface area (Å²) in [6.45, 7) is 6.31. The summed E-state index contributed by atoms with van der Waals surface area (Å²) in [7, 11) is 0. The molecule has 4 aromatic rings. The van der Waals surface area contributed by atoms with E-state index in [4.69, 9.17) is 0 Å². The zero-order valence-electron chi connectivity index (χ0n) is 15.4. The van der Waals surface area contributed by atoms with Crippen molar-refractivity contribution in [3.8, 4) is 0 Å². The van der Waals surface area contributed by atoms with Gasteiger partial charge in [0.2, 0.25) is 5.91 Å². The van der Waals surface area contributed by atoms with Crippen molar-refractivity contribution in [1.29, 1.82) is 0 Å². The second-order valence-corrected chi connectivity index (χ2v) is 7.52.